The minimum Gasteiger partial charge on any atom is -0.313 e. The van der Waals surface area contributed by atoms with Crippen LogP contribution in [0.3, 0.4) is 0 Å². The van der Waals surface area contributed by atoms with Crippen LogP contribution in [0.1, 0.15) is 24.4 Å². The summed E-state index contributed by atoms with van der Waals surface area (Å²) in [5.41, 5.74) is 0.870. The van der Waals surface area contributed by atoms with Crippen LogP contribution in [0.5, 0.6) is 0 Å². The molecule has 7 heteroatoms. The molecular formula is C14H20ClN3O2S. The standard InChI is InChI=1S/C14H20ClN3O2S/c15-13-6-2-1-5-12(13)14-11-16-7-10-18(14)21(19,20)17-8-3-4-9-17/h1-2,5-6,14,16H,3-4,7-11H2. The molecule has 0 aromatic heterocycles. The second-order valence-electron chi connectivity index (χ2n) is 5.47. The Kier molecular flexibility index (Phi) is 4.51. The fourth-order valence-corrected chi connectivity index (χ4v) is 5.15. The first-order chi connectivity index (χ1) is 10.1. The highest BCUT2D eigenvalue weighted by Gasteiger charge is 2.38. The summed E-state index contributed by atoms with van der Waals surface area (Å²) >= 11 is 6.27. The van der Waals surface area contributed by atoms with Gasteiger partial charge in [-0.15, -0.1) is 0 Å². The van der Waals surface area contributed by atoms with Gasteiger partial charge in [-0.05, 0) is 24.5 Å². The van der Waals surface area contributed by atoms with Gasteiger partial charge < -0.3 is 5.32 Å². The van der Waals surface area contributed by atoms with Crippen LogP contribution in [-0.2, 0) is 10.2 Å². The summed E-state index contributed by atoms with van der Waals surface area (Å²) in [6, 6.07) is 7.24. The molecule has 5 nitrogen and oxygen atoms in total. The van der Waals surface area contributed by atoms with Crippen molar-refractivity contribution in [1.29, 1.82) is 0 Å². The van der Waals surface area contributed by atoms with Crippen LogP contribution < -0.4 is 5.32 Å². The zero-order valence-corrected chi connectivity index (χ0v) is 13.4. The monoisotopic (exact) mass is 329 g/mol. The molecule has 1 aromatic rings. The van der Waals surface area contributed by atoms with Gasteiger partial charge in [0.2, 0.25) is 0 Å². The van der Waals surface area contributed by atoms with E-state index in [-0.39, 0.29) is 6.04 Å². The molecule has 0 aliphatic carbocycles. The average molecular weight is 330 g/mol. The van der Waals surface area contributed by atoms with Gasteiger partial charge in [-0.25, -0.2) is 0 Å². The molecule has 2 fully saturated rings. The lowest BCUT2D eigenvalue weighted by molar-refractivity contribution is 0.252. The number of hydrogen-bond donors (Lipinski definition) is 1. The number of nitrogens with zero attached hydrogens (tertiary/aromatic N) is 2. The minimum absolute atomic E-state index is 0.238. The first-order valence-electron chi connectivity index (χ1n) is 7.33. The normalized spacial score (nSPS) is 25.3. The van der Waals surface area contributed by atoms with Gasteiger partial charge >= 0.3 is 0 Å². The van der Waals surface area contributed by atoms with Crippen molar-refractivity contribution < 1.29 is 8.42 Å². The lowest BCUT2D eigenvalue weighted by Gasteiger charge is -2.37. The Balaban J connectivity index is 1.93. The smallest absolute Gasteiger partial charge is 0.282 e. The predicted octanol–water partition coefficient (Wildman–Crippen LogP) is 1.63. The van der Waals surface area contributed by atoms with E-state index in [9.17, 15) is 8.42 Å². The van der Waals surface area contributed by atoms with Gasteiger partial charge in [-0.2, -0.15) is 17.0 Å². The summed E-state index contributed by atoms with van der Waals surface area (Å²) in [6.45, 7) is 3.00. The first kappa shape index (κ1) is 15.2. The van der Waals surface area contributed by atoms with Crippen LogP contribution in [0, 0.1) is 0 Å². The second-order valence-corrected chi connectivity index (χ2v) is 7.75. The maximum atomic E-state index is 12.9. The molecule has 0 radical (unpaired) electrons. The SMILES string of the molecule is O=S(=O)(N1CCCC1)N1CCNCC1c1ccccc1Cl. The van der Waals surface area contributed by atoms with Crippen LogP contribution in [0.15, 0.2) is 24.3 Å². The molecular weight excluding hydrogens is 310 g/mol. The molecule has 116 valence electrons. The van der Waals surface area contributed by atoms with E-state index in [1.807, 2.05) is 24.3 Å². The molecule has 1 unspecified atom stereocenters. The molecule has 2 heterocycles. The zero-order valence-electron chi connectivity index (χ0n) is 11.8. The number of benzene rings is 1. The predicted molar refractivity (Wildman–Crippen MR) is 83.5 cm³/mol. The molecule has 0 amide bonds. The van der Waals surface area contributed by atoms with Crippen LogP contribution in [-0.4, -0.2) is 49.8 Å². The highest BCUT2D eigenvalue weighted by atomic mass is 35.5. The quantitative estimate of drug-likeness (QED) is 0.917. The highest BCUT2D eigenvalue weighted by molar-refractivity contribution is 7.86. The van der Waals surface area contributed by atoms with Crippen LogP contribution >= 0.6 is 11.6 Å². The Morgan fingerprint density at radius 3 is 2.57 bits per heavy atom. The van der Waals surface area contributed by atoms with E-state index >= 15 is 0 Å². The van der Waals surface area contributed by atoms with Crippen molar-refractivity contribution in [2.45, 2.75) is 18.9 Å². The highest BCUT2D eigenvalue weighted by Crippen LogP contribution is 2.32. The summed E-state index contributed by atoms with van der Waals surface area (Å²) in [4.78, 5) is 0. The summed E-state index contributed by atoms with van der Waals surface area (Å²) in [6.07, 6.45) is 1.89. The van der Waals surface area contributed by atoms with E-state index in [1.54, 1.807) is 8.61 Å². The molecule has 2 saturated heterocycles. The molecule has 2 aliphatic rings. The Morgan fingerprint density at radius 2 is 1.86 bits per heavy atom. The zero-order chi connectivity index (χ0) is 14.9. The summed E-state index contributed by atoms with van der Waals surface area (Å²) < 4.78 is 28.9. The van der Waals surface area contributed by atoms with Gasteiger partial charge in [0.1, 0.15) is 0 Å². The van der Waals surface area contributed by atoms with Crippen molar-refractivity contribution in [2.75, 3.05) is 32.7 Å². The summed E-state index contributed by atoms with van der Waals surface area (Å²) in [7, 11) is -3.41. The number of nitrogens with one attached hydrogen (secondary N) is 1. The third-order valence-corrected chi connectivity index (χ3v) is 6.54. The molecule has 0 saturated carbocycles. The third-order valence-electron chi connectivity index (χ3n) is 4.15. The molecule has 21 heavy (non-hydrogen) atoms. The molecule has 0 bridgehead atoms. The topological polar surface area (TPSA) is 52.7 Å². The number of hydrogen-bond acceptors (Lipinski definition) is 3. The van der Waals surface area contributed by atoms with Gasteiger partial charge in [0, 0.05) is 37.7 Å². The summed E-state index contributed by atoms with van der Waals surface area (Å²) in [5, 5.41) is 3.89. The molecule has 1 aromatic carbocycles. The third kappa shape index (κ3) is 2.96. The number of rotatable bonds is 3. The average Bonchev–Trinajstić information content (AvgIpc) is 3.03. The van der Waals surface area contributed by atoms with Crippen LogP contribution in [0.4, 0.5) is 0 Å². The Hall–Kier alpha value is -0.660. The number of piperazine rings is 1. The lowest BCUT2D eigenvalue weighted by Crippen LogP contribution is -2.52. The fourth-order valence-electron chi connectivity index (χ4n) is 3.04. The first-order valence-corrected chi connectivity index (χ1v) is 9.10. The Bertz CT molecular complexity index is 602. The van der Waals surface area contributed by atoms with Gasteiger partial charge in [0.05, 0.1) is 6.04 Å². The molecule has 1 atom stereocenters. The molecule has 1 N–H and O–H groups in total. The van der Waals surface area contributed by atoms with E-state index < -0.39 is 10.2 Å². The fraction of sp³-hybridized carbons (Fsp3) is 0.571. The van der Waals surface area contributed by atoms with E-state index in [2.05, 4.69) is 5.32 Å². The van der Waals surface area contributed by atoms with Gasteiger partial charge in [-0.1, -0.05) is 29.8 Å². The van der Waals surface area contributed by atoms with E-state index in [1.165, 1.54) is 0 Å². The van der Waals surface area contributed by atoms with Crippen molar-refractivity contribution >= 4 is 21.8 Å². The molecule has 0 spiro atoms. The second kappa shape index (κ2) is 6.22. The minimum atomic E-state index is -3.41. The molecule has 2 aliphatic heterocycles. The van der Waals surface area contributed by atoms with Crippen LogP contribution in [0.2, 0.25) is 5.02 Å². The van der Waals surface area contributed by atoms with Crippen molar-refractivity contribution in [3.63, 3.8) is 0 Å². The summed E-state index contributed by atoms with van der Waals surface area (Å²) in [5.74, 6) is 0. The maximum Gasteiger partial charge on any atom is 0.282 e. The van der Waals surface area contributed by atoms with E-state index in [4.69, 9.17) is 11.6 Å². The van der Waals surface area contributed by atoms with Crippen molar-refractivity contribution in [3.05, 3.63) is 34.9 Å². The van der Waals surface area contributed by atoms with Crippen LogP contribution in [0.25, 0.3) is 0 Å². The number of halogens is 1. The van der Waals surface area contributed by atoms with Crippen molar-refractivity contribution in [3.8, 4) is 0 Å². The van der Waals surface area contributed by atoms with Gasteiger partial charge in [0.25, 0.3) is 10.2 Å². The molecule has 3 rings (SSSR count). The Labute approximate surface area is 131 Å². The lowest BCUT2D eigenvalue weighted by atomic mass is 10.1. The van der Waals surface area contributed by atoms with Crippen molar-refractivity contribution in [2.24, 2.45) is 0 Å². The van der Waals surface area contributed by atoms with Gasteiger partial charge in [-0.3, -0.25) is 0 Å². The van der Waals surface area contributed by atoms with E-state index in [0.717, 1.165) is 18.4 Å². The largest absolute Gasteiger partial charge is 0.313 e. The van der Waals surface area contributed by atoms with Gasteiger partial charge in [0.15, 0.2) is 0 Å². The van der Waals surface area contributed by atoms with Crippen molar-refractivity contribution in [1.82, 2.24) is 13.9 Å². The Morgan fingerprint density at radius 1 is 1.14 bits per heavy atom. The van der Waals surface area contributed by atoms with E-state index in [0.29, 0.717) is 37.7 Å². The maximum absolute atomic E-state index is 12.9.